The summed E-state index contributed by atoms with van der Waals surface area (Å²) in [6, 6.07) is 3.94. The van der Waals surface area contributed by atoms with Crippen molar-refractivity contribution in [2.24, 2.45) is 5.73 Å². The smallest absolute Gasteiger partial charge is 0.160 e. The first kappa shape index (κ1) is 10.9. The van der Waals surface area contributed by atoms with Crippen LogP contribution in [0.25, 0.3) is 0 Å². The zero-order valence-electron chi connectivity index (χ0n) is 8.96. The van der Waals surface area contributed by atoms with Crippen LogP contribution in [-0.2, 0) is 6.42 Å². The molecule has 0 atom stereocenters. The molecule has 0 bridgehead atoms. The summed E-state index contributed by atoms with van der Waals surface area (Å²) in [4.78, 5) is 0. The molecule has 3 nitrogen and oxygen atoms in total. The Balaban J connectivity index is 3.13. The lowest BCUT2D eigenvalue weighted by atomic mass is 9.87. The van der Waals surface area contributed by atoms with E-state index in [0.29, 0.717) is 6.54 Å². The molecule has 0 amide bonds. The number of hydrogen-bond donors (Lipinski definition) is 1. The summed E-state index contributed by atoms with van der Waals surface area (Å²) in [5.41, 5.74) is 7.84. The molecule has 0 aliphatic rings. The van der Waals surface area contributed by atoms with E-state index in [-0.39, 0.29) is 0 Å². The van der Waals surface area contributed by atoms with Gasteiger partial charge in [-0.25, -0.2) is 0 Å². The van der Waals surface area contributed by atoms with Gasteiger partial charge in [0, 0.05) is 0 Å². The van der Waals surface area contributed by atoms with Gasteiger partial charge in [-0.3, -0.25) is 0 Å². The van der Waals surface area contributed by atoms with E-state index in [0.717, 1.165) is 23.4 Å². The van der Waals surface area contributed by atoms with Crippen LogP contribution in [0.3, 0.4) is 0 Å². The summed E-state index contributed by atoms with van der Waals surface area (Å²) in [5.74, 6) is 1.57. The van der Waals surface area contributed by atoms with Crippen LogP contribution in [0.2, 0.25) is 0 Å². The second kappa shape index (κ2) is 4.91. The average Bonchev–Trinajstić information content (AvgIpc) is 2.21. The van der Waals surface area contributed by atoms with Crippen LogP contribution in [0.15, 0.2) is 12.1 Å². The van der Waals surface area contributed by atoms with Crippen molar-refractivity contribution >= 4 is 13.3 Å². The second-order valence-electron chi connectivity index (χ2n) is 3.12. The standard InChI is InChI=1S/C10H16BNO2/c1-13-8-4-3-7(5-6-12)9(11)10(8)14-2/h3-4H,5-6,11-12H2,1-2H3. The Morgan fingerprint density at radius 2 is 2.00 bits per heavy atom. The number of benzene rings is 1. The van der Waals surface area contributed by atoms with E-state index in [1.807, 2.05) is 20.0 Å². The van der Waals surface area contributed by atoms with Crippen molar-refractivity contribution in [3.05, 3.63) is 17.7 Å². The Labute approximate surface area is 85.6 Å². The van der Waals surface area contributed by atoms with Gasteiger partial charge in [0.1, 0.15) is 7.85 Å². The minimum Gasteiger partial charge on any atom is -0.493 e. The average molecular weight is 193 g/mol. The summed E-state index contributed by atoms with van der Waals surface area (Å²) >= 11 is 0. The van der Waals surface area contributed by atoms with Gasteiger partial charge in [0.25, 0.3) is 0 Å². The molecule has 1 aromatic carbocycles. The molecule has 0 aromatic heterocycles. The monoisotopic (exact) mass is 193 g/mol. The van der Waals surface area contributed by atoms with Crippen molar-refractivity contribution in [1.82, 2.24) is 0 Å². The lowest BCUT2D eigenvalue weighted by Crippen LogP contribution is -2.17. The first-order valence-corrected chi connectivity index (χ1v) is 4.65. The first-order valence-electron chi connectivity index (χ1n) is 4.65. The summed E-state index contributed by atoms with van der Waals surface area (Å²) in [6.45, 7) is 0.649. The van der Waals surface area contributed by atoms with Crippen LogP contribution in [0.1, 0.15) is 5.56 Å². The first-order chi connectivity index (χ1) is 6.74. The molecule has 14 heavy (non-hydrogen) atoms. The van der Waals surface area contributed by atoms with E-state index >= 15 is 0 Å². The molecule has 0 spiro atoms. The minimum absolute atomic E-state index is 0.649. The second-order valence-corrected chi connectivity index (χ2v) is 3.12. The van der Waals surface area contributed by atoms with E-state index < -0.39 is 0 Å². The minimum atomic E-state index is 0.649. The summed E-state index contributed by atoms with van der Waals surface area (Å²) < 4.78 is 10.5. The molecule has 0 aliphatic heterocycles. The lowest BCUT2D eigenvalue weighted by molar-refractivity contribution is 0.357. The van der Waals surface area contributed by atoms with Crippen LogP contribution in [0, 0.1) is 0 Å². The van der Waals surface area contributed by atoms with Crippen LogP contribution in [0.4, 0.5) is 0 Å². The van der Waals surface area contributed by atoms with Crippen LogP contribution in [-0.4, -0.2) is 28.6 Å². The molecule has 0 saturated carbocycles. The number of hydrogen-bond acceptors (Lipinski definition) is 3. The van der Waals surface area contributed by atoms with Crippen LogP contribution in [0.5, 0.6) is 11.5 Å². The zero-order valence-corrected chi connectivity index (χ0v) is 8.96. The molecule has 0 unspecified atom stereocenters. The third kappa shape index (κ3) is 2.01. The highest BCUT2D eigenvalue weighted by molar-refractivity contribution is 6.35. The summed E-state index contributed by atoms with van der Waals surface area (Å²) in [7, 11) is 5.31. The molecule has 0 fully saturated rings. The maximum absolute atomic E-state index is 5.52. The van der Waals surface area contributed by atoms with Crippen molar-refractivity contribution in [3.63, 3.8) is 0 Å². The fourth-order valence-electron chi connectivity index (χ4n) is 1.55. The van der Waals surface area contributed by atoms with E-state index in [2.05, 4.69) is 0 Å². The van der Waals surface area contributed by atoms with Gasteiger partial charge in [-0.1, -0.05) is 6.07 Å². The molecule has 0 saturated heterocycles. The fraction of sp³-hybridized carbons (Fsp3) is 0.400. The van der Waals surface area contributed by atoms with Gasteiger partial charge in [-0.15, -0.1) is 0 Å². The topological polar surface area (TPSA) is 44.5 Å². The fourth-order valence-corrected chi connectivity index (χ4v) is 1.55. The van der Waals surface area contributed by atoms with E-state index in [1.165, 1.54) is 5.56 Å². The highest BCUT2D eigenvalue weighted by atomic mass is 16.5. The van der Waals surface area contributed by atoms with Crippen molar-refractivity contribution in [2.75, 3.05) is 20.8 Å². The predicted molar refractivity (Wildman–Crippen MR) is 60.5 cm³/mol. The molecule has 2 N–H and O–H groups in total. The third-order valence-electron chi connectivity index (χ3n) is 2.32. The SMILES string of the molecule is Bc1c(CCN)ccc(OC)c1OC. The Hall–Kier alpha value is -1.16. The van der Waals surface area contributed by atoms with Crippen molar-refractivity contribution in [3.8, 4) is 11.5 Å². The maximum atomic E-state index is 5.52. The zero-order chi connectivity index (χ0) is 10.6. The predicted octanol–water partition coefficient (Wildman–Crippen LogP) is -0.537. The number of methoxy groups -OCH3 is 2. The van der Waals surface area contributed by atoms with Crippen LogP contribution < -0.4 is 20.7 Å². The molecule has 1 rings (SSSR count). The third-order valence-corrected chi connectivity index (χ3v) is 2.32. The molecular weight excluding hydrogens is 177 g/mol. The maximum Gasteiger partial charge on any atom is 0.160 e. The van der Waals surface area contributed by atoms with Crippen molar-refractivity contribution < 1.29 is 9.47 Å². The largest absolute Gasteiger partial charge is 0.493 e. The van der Waals surface area contributed by atoms with E-state index in [4.69, 9.17) is 15.2 Å². The van der Waals surface area contributed by atoms with Gasteiger partial charge in [0.15, 0.2) is 11.5 Å². The van der Waals surface area contributed by atoms with Gasteiger partial charge < -0.3 is 15.2 Å². The highest BCUT2D eigenvalue weighted by Crippen LogP contribution is 2.24. The number of rotatable bonds is 4. The molecule has 0 radical (unpaired) electrons. The number of nitrogens with two attached hydrogens (primary N) is 1. The lowest BCUT2D eigenvalue weighted by Gasteiger charge is -2.13. The van der Waals surface area contributed by atoms with Gasteiger partial charge in [0.2, 0.25) is 0 Å². The Kier molecular flexibility index (Phi) is 3.83. The van der Waals surface area contributed by atoms with E-state index in [9.17, 15) is 0 Å². The van der Waals surface area contributed by atoms with Crippen molar-refractivity contribution in [1.29, 1.82) is 0 Å². The normalized spacial score (nSPS) is 9.93. The Bertz CT molecular complexity index is 315. The van der Waals surface area contributed by atoms with Crippen molar-refractivity contribution in [2.45, 2.75) is 6.42 Å². The summed E-state index contributed by atoms with van der Waals surface area (Å²) in [5, 5.41) is 0. The van der Waals surface area contributed by atoms with Gasteiger partial charge in [-0.2, -0.15) is 0 Å². The van der Waals surface area contributed by atoms with E-state index in [1.54, 1.807) is 14.2 Å². The molecule has 76 valence electrons. The van der Waals surface area contributed by atoms with Gasteiger partial charge >= 0.3 is 0 Å². The molecule has 0 aliphatic carbocycles. The van der Waals surface area contributed by atoms with Gasteiger partial charge in [-0.05, 0) is 30.1 Å². The quantitative estimate of drug-likeness (QED) is 0.653. The van der Waals surface area contributed by atoms with Crippen LogP contribution >= 0.6 is 0 Å². The number of ether oxygens (including phenoxy) is 2. The summed E-state index contributed by atoms with van der Waals surface area (Å²) in [6.07, 6.45) is 0.867. The molecule has 4 heteroatoms. The highest BCUT2D eigenvalue weighted by Gasteiger charge is 2.09. The Morgan fingerprint density at radius 3 is 2.50 bits per heavy atom. The molecular formula is C10H16BNO2. The van der Waals surface area contributed by atoms with Gasteiger partial charge in [0.05, 0.1) is 14.2 Å². The molecule has 0 heterocycles. The molecule has 1 aromatic rings. The Morgan fingerprint density at radius 1 is 1.29 bits per heavy atom.